The molecule has 0 atom stereocenters. The topological polar surface area (TPSA) is 51.4 Å². The summed E-state index contributed by atoms with van der Waals surface area (Å²) in [4.78, 5) is 2.37. The van der Waals surface area contributed by atoms with Crippen molar-refractivity contribution in [1.29, 1.82) is 0 Å². The van der Waals surface area contributed by atoms with Crippen LogP contribution in [0.1, 0.15) is 33.6 Å². The lowest BCUT2D eigenvalue weighted by atomic mass is 10.3. The molecule has 1 aliphatic carbocycles. The molecule has 17 heavy (non-hydrogen) atoms. The van der Waals surface area contributed by atoms with Crippen LogP contribution in [0.2, 0.25) is 0 Å². The van der Waals surface area contributed by atoms with Gasteiger partial charge >= 0.3 is 0 Å². The number of nitrogens with zero attached hydrogens (tertiary/aromatic N) is 2. The van der Waals surface area contributed by atoms with Crippen LogP contribution in [0, 0.1) is 5.92 Å². The maximum Gasteiger partial charge on any atom is 0.197 e. The predicted molar refractivity (Wildman–Crippen MR) is 72.9 cm³/mol. The molecule has 4 nitrogen and oxygen atoms in total. The van der Waals surface area contributed by atoms with Gasteiger partial charge in [-0.25, -0.2) is 0 Å². The van der Waals surface area contributed by atoms with Gasteiger partial charge in [0.05, 0.1) is 6.61 Å². The Hall–Kier alpha value is -0.970. The van der Waals surface area contributed by atoms with E-state index in [1.165, 1.54) is 24.4 Å². The second kappa shape index (κ2) is 5.12. The van der Waals surface area contributed by atoms with E-state index in [0.29, 0.717) is 18.5 Å². The third-order valence-electron chi connectivity index (χ3n) is 2.98. The van der Waals surface area contributed by atoms with Gasteiger partial charge in [-0.1, -0.05) is 0 Å². The first-order valence-electron chi connectivity index (χ1n) is 6.28. The molecule has 1 saturated carbocycles. The van der Waals surface area contributed by atoms with Crippen molar-refractivity contribution >= 4 is 22.4 Å². The molecule has 0 radical (unpaired) electrons. The summed E-state index contributed by atoms with van der Waals surface area (Å²) in [5.74, 6) is 2.13. The molecule has 2 rings (SSSR count). The van der Waals surface area contributed by atoms with Crippen LogP contribution in [-0.2, 0) is 0 Å². The zero-order chi connectivity index (χ0) is 12.4. The third kappa shape index (κ3) is 2.83. The zero-order valence-corrected chi connectivity index (χ0v) is 11.6. The monoisotopic (exact) mass is 255 g/mol. The summed E-state index contributed by atoms with van der Waals surface area (Å²) < 4.78 is 9.84. The van der Waals surface area contributed by atoms with Gasteiger partial charge in [0.1, 0.15) is 0 Å². The Kier molecular flexibility index (Phi) is 3.76. The predicted octanol–water partition coefficient (Wildman–Crippen LogP) is 2.75. The maximum absolute atomic E-state index is 5.86. The smallest absolute Gasteiger partial charge is 0.197 e. The Balaban J connectivity index is 2.21. The quantitative estimate of drug-likeness (QED) is 0.849. The molecule has 0 saturated heterocycles. The van der Waals surface area contributed by atoms with Crippen LogP contribution in [0.3, 0.4) is 0 Å². The maximum atomic E-state index is 5.86. The van der Waals surface area contributed by atoms with Crippen LogP contribution in [0.25, 0.3) is 0 Å². The highest BCUT2D eigenvalue weighted by molar-refractivity contribution is 7.11. The average molecular weight is 255 g/mol. The molecule has 2 N–H and O–H groups in total. The Bertz CT molecular complexity index is 374. The molecule has 1 aromatic rings. The number of nitrogens with two attached hydrogens (primary N) is 1. The fraction of sp³-hybridized carbons (Fsp3) is 0.750. The van der Waals surface area contributed by atoms with Crippen LogP contribution in [0.4, 0.5) is 10.8 Å². The highest BCUT2D eigenvalue weighted by atomic mass is 32.1. The van der Waals surface area contributed by atoms with Gasteiger partial charge in [0.15, 0.2) is 16.6 Å². The first kappa shape index (κ1) is 12.5. The van der Waals surface area contributed by atoms with Crippen molar-refractivity contribution in [2.75, 3.05) is 23.8 Å². The molecule has 1 aromatic heterocycles. The molecule has 1 heterocycles. The summed E-state index contributed by atoms with van der Waals surface area (Å²) in [5.41, 5.74) is 5.86. The molecule has 96 valence electrons. The van der Waals surface area contributed by atoms with Gasteiger partial charge in [-0.05, 0) is 51.1 Å². The molecule has 0 aliphatic heterocycles. The van der Waals surface area contributed by atoms with Crippen LogP contribution >= 0.6 is 11.5 Å². The number of ether oxygens (including phenoxy) is 1. The first-order chi connectivity index (χ1) is 8.13. The Morgan fingerprint density at radius 2 is 2.24 bits per heavy atom. The lowest BCUT2D eigenvalue weighted by Gasteiger charge is -2.27. The van der Waals surface area contributed by atoms with E-state index in [1.54, 1.807) is 0 Å². The van der Waals surface area contributed by atoms with E-state index >= 15 is 0 Å². The normalized spacial score (nSPS) is 15.3. The Labute approximate surface area is 107 Å². The molecule has 0 amide bonds. The zero-order valence-electron chi connectivity index (χ0n) is 10.8. The molecule has 1 fully saturated rings. The van der Waals surface area contributed by atoms with Crippen LogP contribution in [0.15, 0.2) is 0 Å². The summed E-state index contributed by atoms with van der Waals surface area (Å²) >= 11 is 1.45. The standard InChI is InChI=1S/C12H21N3OS/c1-4-16-10-11(13)14-17-12(10)15(8(2)3)7-9-5-6-9/h8-9H,4-7H2,1-3H3,(H2,13,14). The van der Waals surface area contributed by atoms with Crippen molar-refractivity contribution in [2.45, 2.75) is 39.7 Å². The number of anilines is 2. The summed E-state index contributed by atoms with van der Waals surface area (Å²) in [7, 11) is 0. The van der Waals surface area contributed by atoms with Crippen molar-refractivity contribution in [3.8, 4) is 5.75 Å². The molecular weight excluding hydrogens is 234 g/mol. The molecule has 5 heteroatoms. The molecule has 0 unspecified atom stereocenters. The van der Waals surface area contributed by atoms with Crippen molar-refractivity contribution in [3.63, 3.8) is 0 Å². The Morgan fingerprint density at radius 3 is 2.76 bits per heavy atom. The molecule has 0 spiro atoms. The second-order valence-electron chi connectivity index (χ2n) is 4.82. The van der Waals surface area contributed by atoms with Crippen molar-refractivity contribution in [3.05, 3.63) is 0 Å². The van der Waals surface area contributed by atoms with Crippen molar-refractivity contribution in [2.24, 2.45) is 5.92 Å². The minimum absolute atomic E-state index is 0.453. The van der Waals surface area contributed by atoms with E-state index in [0.717, 1.165) is 23.2 Å². The lowest BCUT2D eigenvalue weighted by molar-refractivity contribution is 0.342. The Morgan fingerprint density at radius 1 is 1.53 bits per heavy atom. The summed E-state index contributed by atoms with van der Waals surface area (Å²) in [6.07, 6.45) is 2.70. The lowest BCUT2D eigenvalue weighted by Crippen LogP contribution is -2.32. The van der Waals surface area contributed by atoms with Gasteiger partial charge in [-0.15, -0.1) is 0 Å². The van der Waals surface area contributed by atoms with Gasteiger partial charge in [0, 0.05) is 12.6 Å². The minimum atomic E-state index is 0.453. The average Bonchev–Trinajstić information content (AvgIpc) is 3.03. The highest BCUT2D eigenvalue weighted by Gasteiger charge is 2.29. The fourth-order valence-corrected chi connectivity index (χ4v) is 2.76. The number of rotatable bonds is 6. The summed E-state index contributed by atoms with van der Waals surface area (Å²) in [5, 5.41) is 1.09. The largest absolute Gasteiger partial charge is 0.487 e. The van der Waals surface area contributed by atoms with Crippen LogP contribution in [-0.4, -0.2) is 23.6 Å². The number of hydrogen-bond acceptors (Lipinski definition) is 5. The molecular formula is C12H21N3OS. The SMILES string of the molecule is CCOc1c(N)nsc1N(CC1CC1)C(C)C. The number of aromatic nitrogens is 1. The highest BCUT2D eigenvalue weighted by Crippen LogP contribution is 2.41. The van der Waals surface area contributed by atoms with Gasteiger partial charge in [-0.2, -0.15) is 4.37 Å². The van der Waals surface area contributed by atoms with E-state index in [-0.39, 0.29) is 0 Å². The van der Waals surface area contributed by atoms with E-state index < -0.39 is 0 Å². The van der Waals surface area contributed by atoms with Crippen molar-refractivity contribution in [1.82, 2.24) is 4.37 Å². The van der Waals surface area contributed by atoms with E-state index in [4.69, 9.17) is 10.5 Å². The third-order valence-corrected chi connectivity index (χ3v) is 3.86. The second-order valence-corrected chi connectivity index (χ2v) is 5.58. The van der Waals surface area contributed by atoms with Gasteiger partial charge in [0.2, 0.25) is 0 Å². The van der Waals surface area contributed by atoms with E-state index in [9.17, 15) is 0 Å². The summed E-state index contributed by atoms with van der Waals surface area (Å²) in [6.45, 7) is 8.11. The van der Waals surface area contributed by atoms with E-state index in [2.05, 4.69) is 23.1 Å². The van der Waals surface area contributed by atoms with E-state index in [1.807, 2.05) is 6.92 Å². The molecule has 0 aromatic carbocycles. The summed E-state index contributed by atoms with van der Waals surface area (Å²) in [6, 6.07) is 0.453. The van der Waals surface area contributed by atoms with Crippen LogP contribution < -0.4 is 15.4 Å². The first-order valence-corrected chi connectivity index (χ1v) is 7.05. The van der Waals surface area contributed by atoms with Gasteiger partial charge in [-0.3, -0.25) is 0 Å². The molecule has 1 aliphatic rings. The number of nitrogen functional groups attached to an aromatic ring is 1. The van der Waals surface area contributed by atoms with Crippen LogP contribution in [0.5, 0.6) is 5.75 Å². The van der Waals surface area contributed by atoms with Gasteiger partial charge < -0.3 is 15.4 Å². The fourth-order valence-electron chi connectivity index (χ4n) is 1.85. The van der Waals surface area contributed by atoms with Crippen molar-refractivity contribution < 1.29 is 4.74 Å². The number of hydrogen-bond donors (Lipinski definition) is 1. The van der Waals surface area contributed by atoms with Gasteiger partial charge in [0.25, 0.3) is 0 Å². The molecule has 0 bridgehead atoms. The minimum Gasteiger partial charge on any atom is -0.487 e.